The van der Waals surface area contributed by atoms with Crippen LogP contribution in [-0.4, -0.2) is 24.0 Å². The number of benzene rings is 2. The Morgan fingerprint density at radius 2 is 1.81 bits per heavy atom. The second kappa shape index (κ2) is 10.1. The Kier molecular flexibility index (Phi) is 7.51. The van der Waals surface area contributed by atoms with E-state index in [9.17, 15) is 9.18 Å². The Morgan fingerprint density at radius 1 is 1.16 bits per heavy atom. The number of nitrogens with one attached hydrogen (secondary N) is 1. The first-order valence-corrected chi connectivity index (χ1v) is 11.5. The van der Waals surface area contributed by atoms with Crippen molar-refractivity contribution in [3.8, 4) is 5.75 Å². The number of halogens is 1. The highest BCUT2D eigenvalue weighted by Gasteiger charge is 2.29. The smallest absolute Gasteiger partial charge is 0.243 e. The third-order valence-electron chi connectivity index (χ3n) is 5.20. The summed E-state index contributed by atoms with van der Waals surface area (Å²) in [5.41, 5.74) is 2.60. The number of aromatic nitrogens is 1. The molecule has 1 N–H and O–H groups in total. The maximum atomic E-state index is 13.3. The molecule has 5 nitrogen and oxygen atoms in total. The molecule has 1 atom stereocenters. The van der Waals surface area contributed by atoms with Gasteiger partial charge in [-0.3, -0.25) is 4.79 Å². The zero-order chi connectivity index (χ0) is 23.3. The van der Waals surface area contributed by atoms with Crippen molar-refractivity contribution in [1.82, 2.24) is 10.3 Å². The van der Waals surface area contributed by atoms with Crippen molar-refractivity contribution in [2.75, 3.05) is 12.0 Å². The van der Waals surface area contributed by atoms with E-state index in [0.717, 1.165) is 27.8 Å². The van der Waals surface area contributed by atoms with Crippen molar-refractivity contribution in [2.45, 2.75) is 52.1 Å². The minimum Gasteiger partial charge on any atom is -0.497 e. The first-order valence-electron chi connectivity index (χ1n) is 10.6. The van der Waals surface area contributed by atoms with Gasteiger partial charge >= 0.3 is 0 Å². The SMILES string of the molecule is CC[C@@H](C(=O)NCc1ccc(F)cc1)N(c1ccc(OC)cc1)c1nc(C(C)(C)C)cs1. The number of carbonyl (C=O) groups excluding carboxylic acids is 1. The Balaban J connectivity index is 1.91. The quantitative estimate of drug-likeness (QED) is 0.465. The summed E-state index contributed by atoms with van der Waals surface area (Å²) in [4.78, 5) is 20.1. The van der Waals surface area contributed by atoms with Gasteiger partial charge in [0.2, 0.25) is 5.91 Å². The largest absolute Gasteiger partial charge is 0.497 e. The van der Waals surface area contributed by atoms with Crippen LogP contribution in [0.1, 0.15) is 45.4 Å². The first kappa shape index (κ1) is 23.7. The highest BCUT2D eigenvalue weighted by molar-refractivity contribution is 7.13. The lowest BCUT2D eigenvalue weighted by atomic mass is 9.93. The van der Waals surface area contributed by atoms with Gasteiger partial charge in [-0.05, 0) is 48.4 Å². The van der Waals surface area contributed by atoms with E-state index in [1.807, 2.05) is 36.1 Å². The monoisotopic (exact) mass is 455 g/mol. The number of thiazole rings is 1. The summed E-state index contributed by atoms with van der Waals surface area (Å²) < 4.78 is 18.5. The van der Waals surface area contributed by atoms with Crippen molar-refractivity contribution in [3.05, 3.63) is 71.0 Å². The van der Waals surface area contributed by atoms with E-state index in [4.69, 9.17) is 9.72 Å². The van der Waals surface area contributed by atoms with Crippen LogP contribution in [-0.2, 0) is 16.8 Å². The van der Waals surface area contributed by atoms with Gasteiger partial charge in [0.15, 0.2) is 5.13 Å². The van der Waals surface area contributed by atoms with Gasteiger partial charge in [-0.25, -0.2) is 9.37 Å². The molecule has 1 amide bonds. The summed E-state index contributed by atoms with van der Waals surface area (Å²) in [5.74, 6) is 0.341. The predicted molar refractivity (Wildman–Crippen MR) is 128 cm³/mol. The number of ether oxygens (including phenoxy) is 1. The molecular formula is C25H30FN3O2S. The van der Waals surface area contributed by atoms with E-state index in [-0.39, 0.29) is 17.1 Å². The van der Waals surface area contributed by atoms with Crippen molar-refractivity contribution in [3.63, 3.8) is 0 Å². The highest BCUT2D eigenvalue weighted by Crippen LogP contribution is 2.35. The van der Waals surface area contributed by atoms with E-state index >= 15 is 0 Å². The molecule has 0 aliphatic rings. The Morgan fingerprint density at radius 3 is 2.34 bits per heavy atom. The molecule has 0 bridgehead atoms. The lowest BCUT2D eigenvalue weighted by Gasteiger charge is -2.30. The average molecular weight is 456 g/mol. The third-order valence-corrected chi connectivity index (χ3v) is 6.04. The maximum Gasteiger partial charge on any atom is 0.243 e. The zero-order valence-corrected chi connectivity index (χ0v) is 20.0. The van der Waals surface area contributed by atoms with Gasteiger partial charge in [0.1, 0.15) is 17.6 Å². The number of methoxy groups -OCH3 is 1. The van der Waals surface area contributed by atoms with Crippen molar-refractivity contribution in [1.29, 1.82) is 0 Å². The van der Waals surface area contributed by atoms with Gasteiger partial charge in [0.05, 0.1) is 12.8 Å². The van der Waals surface area contributed by atoms with Crippen LogP contribution in [0.3, 0.4) is 0 Å². The topological polar surface area (TPSA) is 54.5 Å². The molecule has 0 fully saturated rings. The minimum absolute atomic E-state index is 0.0904. The normalized spacial score (nSPS) is 12.3. The van der Waals surface area contributed by atoms with E-state index in [1.165, 1.54) is 23.5 Å². The summed E-state index contributed by atoms with van der Waals surface area (Å²) in [5, 5.41) is 5.82. The van der Waals surface area contributed by atoms with E-state index < -0.39 is 6.04 Å². The van der Waals surface area contributed by atoms with Crippen molar-refractivity contribution in [2.24, 2.45) is 0 Å². The Hall–Kier alpha value is -2.93. The molecule has 1 aromatic heterocycles. The van der Waals surface area contributed by atoms with Crippen molar-refractivity contribution < 1.29 is 13.9 Å². The van der Waals surface area contributed by atoms with E-state index in [2.05, 4.69) is 31.5 Å². The number of carbonyl (C=O) groups is 1. The summed E-state index contributed by atoms with van der Waals surface area (Å²) >= 11 is 1.53. The fraction of sp³-hybridized carbons (Fsp3) is 0.360. The lowest BCUT2D eigenvalue weighted by Crippen LogP contribution is -2.44. The number of anilines is 2. The Bertz CT molecular complexity index is 1030. The van der Waals surface area contributed by atoms with Crippen LogP contribution in [0.25, 0.3) is 0 Å². The maximum absolute atomic E-state index is 13.3. The van der Waals surface area contributed by atoms with Gasteiger partial charge in [-0.15, -0.1) is 11.3 Å². The van der Waals surface area contributed by atoms with Gasteiger partial charge < -0.3 is 15.0 Å². The number of hydrogen-bond donors (Lipinski definition) is 1. The molecule has 32 heavy (non-hydrogen) atoms. The molecule has 0 spiro atoms. The molecule has 170 valence electrons. The predicted octanol–water partition coefficient (Wildman–Crippen LogP) is 5.82. The second-order valence-electron chi connectivity index (χ2n) is 8.60. The fourth-order valence-electron chi connectivity index (χ4n) is 3.28. The van der Waals surface area contributed by atoms with Crippen LogP contribution >= 0.6 is 11.3 Å². The highest BCUT2D eigenvalue weighted by atomic mass is 32.1. The van der Waals surface area contributed by atoms with E-state index in [1.54, 1.807) is 19.2 Å². The van der Waals surface area contributed by atoms with Crippen molar-refractivity contribution >= 4 is 28.1 Å². The fourth-order valence-corrected chi connectivity index (χ4v) is 4.40. The Labute approximate surface area is 193 Å². The second-order valence-corrected chi connectivity index (χ2v) is 9.44. The number of rotatable bonds is 8. The van der Waals surface area contributed by atoms with Crippen LogP contribution in [0.15, 0.2) is 53.9 Å². The molecule has 0 aliphatic heterocycles. The number of amides is 1. The molecule has 0 unspecified atom stereocenters. The number of nitrogens with zero attached hydrogens (tertiary/aromatic N) is 2. The molecule has 3 aromatic rings. The molecule has 7 heteroatoms. The molecule has 3 rings (SSSR count). The molecular weight excluding hydrogens is 425 g/mol. The van der Waals surface area contributed by atoms with Crippen LogP contribution < -0.4 is 15.0 Å². The minimum atomic E-state index is -0.456. The van der Waals surface area contributed by atoms with Crippen LogP contribution in [0.2, 0.25) is 0 Å². The third kappa shape index (κ3) is 5.65. The number of hydrogen-bond acceptors (Lipinski definition) is 5. The summed E-state index contributed by atoms with van der Waals surface area (Å²) in [6.45, 7) is 8.68. The summed E-state index contributed by atoms with van der Waals surface area (Å²) in [6.07, 6.45) is 0.589. The first-order chi connectivity index (χ1) is 15.2. The van der Waals surface area contributed by atoms with Gasteiger partial charge in [-0.1, -0.05) is 39.8 Å². The molecule has 0 aliphatic carbocycles. The van der Waals surface area contributed by atoms with Gasteiger partial charge in [0, 0.05) is 23.0 Å². The molecule has 0 radical (unpaired) electrons. The van der Waals surface area contributed by atoms with Gasteiger partial charge in [-0.2, -0.15) is 0 Å². The van der Waals surface area contributed by atoms with Crippen LogP contribution in [0.4, 0.5) is 15.2 Å². The standard InChI is InChI=1S/C25H30FN3O2S/c1-6-21(23(30)27-15-17-7-9-18(26)10-8-17)29(19-11-13-20(31-5)14-12-19)24-28-22(16-32-24)25(2,3)4/h7-14,16,21H,6,15H2,1-5H3,(H,27,30)/t21-/m0/s1. The van der Waals surface area contributed by atoms with E-state index in [0.29, 0.717) is 13.0 Å². The van der Waals surface area contributed by atoms with Gasteiger partial charge in [0.25, 0.3) is 0 Å². The zero-order valence-electron chi connectivity index (χ0n) is 19.2. The molecule has 0 saturated heterocycles. The molecule has 1 heterocycles. The lowest BCUT2D eigenvalue weighted by molar-refractivity contribution is -0.122. The molecule has 2 aromatic carbocycles. The summed E-state index contributed by atoms with van der Waals surface area (Å²) in [7, 11) is 1.63. The average Bonchev–Trinajstić information content (AvgIpc) is 3.27. The van der Waals surface area contributed by atoms with Crippen LogP contribution in [0.5, 0.6) is 5.75 Å². The summed E-state index contributed by atoms with van der Waals surface area (Å²) in [6, 6.07) is 13.3. The molecule has 0 saturated carbocycles. The van der Waals surface area contributed by atoms with Crippen LogP contribution in [0, 0.1) is 5.82 Å².